The molecule has 20 heavy (non-hydrogen) atoms. The maximum atomic E-state index is 12.5. The Kier molecular flexibility index (Phi) is 4.49. The summed E-state index contributed by atoms with van der Waals surface area (Å²) in [6.07, 6.45) is 2.01. The van der Waals surface area contributed by atoms with E-state index < -0.39 is 0 Å². The number of benzene rings is 1. The molecule has 1 saturated heterocycles. The van der Waals surface area contributed by atoms with Gasteiger partial charge in [-0.1, -0.05) is 0 Å². The number of nitrogens with zero attached hydrogens (tertiary/aromatic N) is 2. The number of nitrogens with two attached hydrogens (primary N) is 1. The molecule has 110 valence electrons. The zero-order valence-corrected chi connectivity index (χ0v) is 12.4. The first kappa shape index (κ1) is 14.7. The van der Waals surface area contributed by atoms with Crippen molar-refractivity contribution < 1.29 is 9.53 Å². The minimum Gasteiger partial charge on any atom is -0.497 e. The second-order valence-corrected chi connectivity index (χ2v) is 5.44. The Morgan fingerprint density at radius 3 is 2.55 bits per heavy atom. The first-order chi connectivity index (χ1) is 9.52. The van der Waals surface area contributed by atoms with Crippen LogP contribution in [0.25, 0.3) is 0 Å². The van der Waals surface area contributed by atoms with Crippen molar-refractivity contribution in [3.63, 3.8) is 0 Å². The number of ether oxygens (including phenoxy) is 1. The van der Waals surface area contributed by atoms with E-state index in [0.29, 0.717) is 23.0 Å². The molecule has 1 amide bonds. The van der Waals surface area contributed by atoms with Crippen LogP contribution < -0.4 is 10.5 Å². The average molecular weight is 277 g/mol. The molecule has 1 aromatic rings. The Bertz CT molecular complexity index is 480. The molecule has 5 nitrogen and oxygen atoms in total. The number of hydrogen-bond donors (Lipinski definition) is 1. The van der Waals surface area contributed by atoms with E-state index in [1.165, 1.54) is 0 Å². The Morgan fingerprint density at radius 1 is 1.35 bits per heavy atom. The quantitative estimate of drug-likeness (QED) is 0.849. The summed E-state index contributed by atoms with van der Waals surface area (Å²) in [5.74, 6) is 0.657. The van der Waals surface area contributed by atoms with Gasteiger partial charge in [-0.25, -0.2) is 0 Å². The number of methoxy groups -OCH3 is 1. The highest BCUT2D eigenvalue weighted by molar-refractivity contribution is 5.99. The largest absolute Gasteiger partial charge is 0.497 e. The molecule has 1 fully saturated rings. The number of carbonyl (C=O) groups excluding carboxylic acids is 1. The molecule has 0 aromatic heterocycles. The number of nitrogen functional groups attached to an aromatic ring is 1. The summed E-state index contributed by atoms with van der Waals surface area (Å²) in [6, 6.07) is 5.76. The van der Waals surface area contributed by atoms with Gasteiger partial charge in [0.05, 0.1) is 12.7 Å². The summed E-state index contributed by atoms with van der Waals surface area (Å²) in [5, 5.41) is 0. The van der Waals surface area contributed by atoms with Gasteiger partial charge in [-0.3, -0.25) is 4.79 Å². The summed E-state index contributed by atoms with van der Waals surface area (Å²) in [6.45, 7) is 1.55. The SMILES string of the molecule is COc1ccc(N)c(C(=O)N2CCC(N(C)C)CC2)c1. The van der Waals surface area contributed by atoms with Crippen molar-refractivity contribution in [1.82, 2.24) is 9.80 Å². The van der Waals surface area contributed by atoms with E-state index in [1.54, 1.807) is 25.3 Å². The highest BCUT2D eigenvalue weighted by Crippen LogP contribution is 2.23. The van der Waals surface area contributed by atoms with Gasteiger partial charge in [0.1, 0.15) is 5.75 Å². The number of anilines is 1. The monoisotopic (exact) mass is 277 g/mol. The Balaban J connectivity index is 2.09. The van der Waals surface area contributed by atoms with E-state index in [4.69, 9.17) is 10.5 Å². The van der Waals surface area contributed by atoms with E-state index in [9.17, 15) is 4.79 Å². The molecule has 1 aromatic carbocycles. The van der Waals surface area contributed by atoms with E-state index >= 15 is 0 Å². The van der Waals surface area contributed by atoms with Gasteiger partial charge in [0.15, 0.2) is 0 Å². The van der Waals surface area contributed by atoms with Crippen molar-refractivity contribution >= 4 is 11.6 Å². The molecule has 2 N–H and O–H groups in total. The van der Waals surface area contributed by atoms with Crippen LogP contribution in [0.2, 0.25) is 0 Å². The minimum atomic E-state index is -0.00129. The van der Waals surface area contributed by atoms with Crippen LogP contribution >= 0.6 is 0 Å². The fourth-order valence-electron chi connectivity index (χ4n) is 2.60. The number of carbonyl (C=O) groups is 1. The number of likely N-dealkylation sites (tertiary alicyclic amines) is 1. The molecule has 5 heteroatoms. The molecule has 0 unspecified atom stereocenters. The predicted molar refractivity (Wildman–Crippen MR) is 80.0 cm³/mol. The van der Waals surface area contributed by atoms with E-state index in [-0.39, 0.29) is 5.91 Å². The van der Waals surface area contributed by atoms with Crippen molar-refractivity contribution in [3.05, 3.63) is 23.8 Å². The van der Waals surface area contributed by atoms with Crippen molar-refractivity contribution in [2.24, 2.45) is 0 Å². The van der Waals surface area contributed by atoms with Gasteiger partial charge >= 0.3 is 0 Å². The molecule has 0 atom stereocenters. The van der Waals surface area contributed by atoms with Gasteiger partial charge in [0, 0.05) is 24.8 Å². The Morgan fingerprint density at radius 2 is 2.00 bits per heavy atom. The fourth-order valence-corrected chi connectivity index (χ4v) is 2.60. The lowest BCUT2D eigenvalue weighted by Gasteiger charge is -2.35. The van der Waals surface area contributed by atoms with Crippen molar-refractivity contribution in [1.29, 1.82) is 0 Å². The fraction of sp³-hybridized carbons (Fsp3) is 0.533. The predicted octanol–water partition coefficient (Wildman–Crippen LogP) is 1.44. The van der Waals surface area contributed by atoms with E-state index in [1.807, 2.05) is 4.90 Å². The molecule has 2 rings (SSSR count). The van der Waals surface area contributed by atoms with Crippen LogP contribution in [0.15, 0.2) is 18.2 Å². The van der Waals surface area contributed by atoms with Gasteiger partial charge in [-0.15, -0.1) is 0 Å². The highest BCUT2D eigenvalue weighted by atomic mass is 16.5. The van der Waals surface area contributed by atoms with Crippen LogP contribution in [-0.2, 0) is 0 Å². The Labute approximate surface area is 120 Å². The Hall–Kier alpha value is -1.75. The molecule has 1 heterocycles. The average Bonchev–Trinajstić information content (AvgIpc) is 2.47. The zero-order valence-electron chi connectivity index (χ0n) is 12.4. The molecule has 0 radical (unpaired) electrons. The molecule has 1 aliphatic rings. The van der Waals surface area contributed by atoms with E-state index in [0.717, 1.165) is 25.9 Å². The zero-order chi connectivity index (χ0) is 14.7. The van der Waals surface area contributed by atoms with Crippen LogP contribution in [0.3, 0.4) is 0 Å². The maximum Gasteiger partial charge on any atom is 0.256 e. The second-order valence-electron chi connectivity index (χ2n) is 5.44. The lowest BCUT2D eigenvalue weighted by atomic mass is 10.0. The summed E-state index contributed by atoms with van der Waals surface area (Å²) >= 11 is 0. The van der Waals surface area contributed by atoms with Crippen molar-refractivity contribution in [2.75, 3.05) is 40.0 Å². The number of amides is 1. The van der Waals surface area contributed by atoms with Crippen LogP contribution in [0, 0.1) is 0 Å². The lowest BCUT2D eigenvalue weighted by Crippen LogP contribution is -2.44. The van der Waals surface area contributed by atoms with Gasteiger partial charge in [0.2, 0.25) is 0 Å². The first-order valence-corrected chi connectivity index (χ1v) is 6.92. The molecule has 0 aliphatic carbocycles. The molecule has 0 saturated carbocycles. The van der Waals surface area contributed by atoms with Crippen LogP contribution in [0.5, 0.6) is 5.75 Å². The number of rotatable bonds is 3. The molecule has 1 aliphatic heterocycles. The van der Waals surface area contributed by atoms with Crippen molar-refractivity contribution in [2.45, 2.75) is 18.9 Å². The smallest absolute Gasteiger partial charge is 0.256 e. The minimum absolute atomic E-state index is 0.00129. The second kappa shape index (κ2) is 6.13. The van der Waals surface area contributed by atoms with Gasteiger partial charge in [-0.2, -0.15) is 0 Å². The summed E-state index contributed by atoms with van der Waals surface area (Å²) in [7, 11) is 5.76. The first-order valence-electron chi connectivity index (χ1n) is 6.92. The third-order valence-electron chi connectivity index (χ3n) is 3.97. The lowest BCUT2D eigenvalue weighted by molar-refractivity contribution is 0.0664. The highest BCUT2D eigenvalue weighted by Gasteiger charge is 2.25. The van der Waals surface area contributed by atoms with Gasteiger partial charge in [0.25, 0.3) is 5.91 Å². The number of hydrogen-bond acceptors (Lipinski definition) is 4. The topological polar surface area (TPSA) is 58.8 Å². The summed E-state index contributed by atoms with van der Waals surface area (Å²) in [5.41, 5.74) is 6.96. The maximum absolute atomic E-state index is 12.5. The van der Waals surface area contributed by atoms with Crippen LogP contribution in [0.4, 0.5) is 5.69 Å². The third kappa shape index (κ3) is 3.04. The molecular weight excluding hydrogens is 254 g/mol. The standard InChI is InChI=1S/C15H23N3O2/c1-17(2)11-6-8-18(9-7-11)15(19)13-10-12(20-3)4-5-14(13)16/h4-5,10-11H,6-9,16H2,1-3H3. The van der Waals surface area contributed by atoms with Crippen LogP contribution in [0.1, 0.15) is 23.2 Å². The summed E-state index contributed by atoms with van der Waals surface area (Å²) < 4.78 is 5.16. The van der Waals surface area contributed by atoms with Crippen LogP contribution in [-0.4, -0.2) is 56.0 Å². The number of piperidine rings is 1. The van der Waals surface area contributed by atoms with Gasteiger partial charge < -0.3 is 20.3 Å². The van der Waals surface area contributed by atoms with Crippen molar-refractivity contribution in [3.8, 4) is 5.75 Å². The third-order valence-corrected chi connectivity index (χ3v) is 3.97. The normalized spacial score (nSPS) is 16.5. The van der Waals surface area contributed by atoms with E-state index in [2.05, 4.69) is 19.0 Å². The molecular formula is C15H23N3O2. The summed E-state index contributed by atoms with van der Waals surface area (Å²) in [4.78, 5) is 16.6. The molecule has 0 bridgehead atoms. The van der Waals surface area contributed by atoms with Gasteiger partial charge in [-0.05, 0) is 45.1 Å². The molecule has 0 spiro atoms.